The molecule has 0 rings (SSSR count). The fourth-order valence-electron chi connectivity index (χ4n) is 0.929. The number of carbonyl (C=O) groups is 2. The van der Waals surface area contributed by atoms with Crippen molar-refractivity contribution in [2.45, 2.75) is 32.7 Å². The van der Waals surface area contributed by atoms with Crippen LogP contribution in [0.25, 0.3) is 0 Å². The minimum Gasteiger partial charge on any atom is -0.394 e. The Morgan fingerprint density at radius 2 is 2.07 bits per heavy atom. The van der Waals surface area contributed by atoms with E-state index in [-0.39, 0.29) is 30.9 Å². The van der Waals surface area contributed by atoms with Gasteiger partial charge in [0.25, 0.3) is 0 Å². The van der Waals surface area contributed by atoms with Crippen molar-refractivity contribution >= 4 is 11.8 Å². The molecule has 82 valence electrons. The summed E-state index contributed by atoms with van der Waals surface area (Å²) >= 11 is 0. The molecule has 0 aliphatic rings. The molecular weight excluding hydrogens is 184 g/mol. The van der Waals surface area contributed by atoms with Crippen LogP contribution in [-0.2, 0) is 9.59 Å². The van der Waals surface area contributed by atoms with Gasteiger partial charge in [-0.25, -0.2) is 0 Å². The number of amides is 2. The molecule has 0 aliphatic carbocycles. The van der Waals surface area contributed by atoms with Crippen LogP contribution in [0.4, 0.5) is 0 Å². The van der Waals surface area contributed by atoms with Crippen LogP contribution >= 0.6 is 0 Å². The standard InChI is InChI=1S/C9H18N2O3/c1-3-8(6-12)11-9(14)4-5-10-7(2)13/h8,12H,3-6H2,1-2H3,(H,10,13)(H,11,14)/t8-/m1/s1. The van der Waals surface area contributed by atoms with Gasteiger partial charge in [-0.15, -0.1) is 0 Å². The zero-order chi connectivity index (χ0) is 11.0. The van der Waals surface area contributed by atoms with Gasteiger partial charge < -0.3 is 15.7 Å². The van der Waals surface area contributed by atoms with E-state index in [4.69, 9.17) is 5.11 Å². The second kappa shape index (κ2) is 7.32. The molecule has 0 spiro atoms. The molecule has 5 heteroatoms. The van der Waals surface area contributed by atoms with E-state index in [1.165, 1.54) is 6.92 Å². The normalized spacial score (nSPS) is 11.9. The average molecular weight is 202 g/mol. The second-order valence-electron chi connectivity index (χ2n) is 3.09. The maximum Gasteiger partial charge on any atom is 0.222 e. The van der Waals surface area contributed by atoms with Crippen molar-refractivity contribution in [2.75, 3.05) is 13.2 Å². The van der Waals surface area contributed by atoms with Gasteiger partial charge in [0.1, 0.15) is 0 Å². The van der Waals surface area contributed by atoms with Crippen LogP contribution in [0.3, 0.4) is 0 Å². The number of hydrogen-bond donors (Lipinski definition) is 3. The Hall–Kier alpha value is -1.10. The van der Waals surface area contributed by atoms with Crippen LogP contribution < -0.4 is 10.6 Å². The summed E-state index contributed by atoms with van der Waals surface area (Å²) in [6, 6.07) is -0.181. The Labute approximate surface area is 83.9 Å². The van der Waals surface area contributed by atoms with Crippen molar-refractivity contribution < 1.29 is 14.7 Å². The molecule has 0 heterocycles. The third-order valence-corrected chi connectivity index (χ3v) is 1.80. The molecule has 0 radical (unpaired) electrons. The lowest BCUT2D eigenvalue weighted by Gasteiger charge is -2.13. The van der Waals surface area contributed by atoms with Crippen molar-refractivity contribution in [3.8, 4) is 0 Å². The van der Waals surface area contributed by atoms with E-state index in [9.17, 15) is 9.59 Å². The molecule has 0 saturated carbocycles. The number of carbonyl (C=O) groups excluding carboxylic acids is 2. The van der Waals surface area contributed by atoms with Crippen molar-refractivity contribution in [1.82, 2.24) is 10.6 Å². The lowest BCUT2D eigenvalue weighted by atomic mass is 10.2. The average Bonchev–Trinajstić information content (AvgIpc) is 2.13. The number of aliphatic hydroxyl groups is 1. The molecule has 0 aromatic heterocycles. The highest BCUT2D eigenvalue weighted by molar-refractivity contribution is 5.78. The Kier molecular flexibility index (Phi) is 6.74. The molecule has 0 aliphatic heterocycles. The molecule has 3 N–H and O–H groups in total. The molecule has 1 atom stereocenters. The predicted molar refractivity (Wildman–Crippen MR) is 52.6 cm³/mol. The van der Waals surface area contributed by atoms with Crippen LogP contribution in [0.15, 0.2) is 0 Å². The molecule has 0 fully saturated rings. The predicted octanol–water partition coefficient (Wildman–Crippen LogP) is -0.600. The van der Waals surface area contributed by atoms with E-state index >= 15 is 0 Å². The molecule has 2 amide bonds. The maximum atomic E-state index is 11.2. The molecule has 0 bridgehead atoms. The third-order valence-electron chi connectivity index (χ3n) is 1.80. The van der Waals surface area contributed by atoms with Crippen LogP contribution in [0.2, 0.25) is 0 Å². The van der Waals surface area contributed by atoms with Gasteiger partial charge in [0, 0.05) is 19.9 Å². The highest BCUT2D eigenvalue weighted by atomic mass is 16.3. The Morgan fingerprint density at radius 3 is 2.50 bits per heavy atom. The zero-order valence-electron chi connectivity index (χ0n) is 8.67. The van der Waals surface area contributed by atoms with E-state index in [0.29, 0.717) is 13.0 Å². The second-order valence-corrected chi connectivity index (χ2v) is 3.09. The van der Waals surface area contributed by atoms with E-state index in [1.807, 2.05) is 6.92 Å². The van der Waals surface area contributed by atoms with E-state index < -0.39 is 0 Å². The van der Waals surface area contributed by atoms with Gasteiger partial charge in [0.05, 0.1) is 12.6 Å². The fraction of sp³-hybridized carbons (Fsp3) is 0.778. The number of nitrogens with one attached hydrogen (secondary N) is 2. The largest absolute Gasteiger partial charge is 0.394 e. The van der Waals surface area contributed by atoms with E-state index in [0.717, 1.165) is 0 Å². The first-order chi connectivity index (χ1) is 6.60. The number of rotatable bonds is 6. The van der Waals surface area contributed by atoms with Crippen molar-refractivity contribution in [1.29, 1.82) is 0 Å². The first kappa shape index (κ1) is 12.9. The molecule has 14 heavy (non-hydrogen) atoms. The summed E-state index contributed by atoms with van der Waals surface area (Å²) in [5.74, 6) is -0.299. The summed E-state index contributed by atoms with van der Waals surface area (Å²) in [5.41, 5.74) is 0. The van der Waals surface area contributed by atoms with Gasteiger partial charge in [0.15, 0.2) is 0 Å². The van der Waals surface area contributed by atoms with Crippen LogP contribution in [0, 0.1) is 0 Å². The van der Waals surface area contributed by atoms with Gasteiger partial charge >= 0.3 is 0 Å². The quantitative estimate of drug-likeness (QED) is 0.538. The van der Waals surface area contributed by atoms with Crippen LogP contribution in [-0.4, -0.2) is 36.1 Å². The highest BCUT2D eigenvalue weighted by Crippen LogP contribution is 1.89. The molecule has 5 nitrogen and oxygen atoms in total. The third kappa shape index (κ3) is 6.42. The van der Waals surface area contributed by atoms with Gasteiger partial charge in [-0.2, -0.15) is 0 Å². The summed E-state index contributed by atoms with van der Waals surface area (Å²) in [6.07, 6.45) is 0.943. The lowest BCUT2D eigenvalue weighted by Crippen LogP contribution is -2.38. The molecule has 0 saturated heterocycles. The van der Waals surface area contributed by atoms with Gasteiger partial charge in [-0.05, 0) is 6.42 Å². The summed E-state index contributed by atoms with van der Waals surface area (Å²) in [6.45, 7) is 3.57. The smallest absolute Gasteiger partial charge is 0.222 e. The van der Waals surface area contributed by atoms with Gasteiger partial charge in [-0.1, -0.05) is 6.92 Å². The fourth-order valence-corrected chi connectivity index (χ4v) is 0.929. The SMILES string of the molecule is CC[C@H](CO)NC(=O)CCNC(C)=O. The van der Waals surface area contributed by atoms with Crippen LogP contribution in [0.5, 0.6) is 0 Å². The zero-order valence-corrected chi connectivity index (χ0v) is 8.67. The number of aliphatic hydroxyl groups excluding tert-OH is 1. The van der Waals surface area contributed by atoms with E-state index in [2.05, 4.69) is 10.6 Å². The first-order valence-corrected chi connectivity index (χ1v) is 4.74. The van der Waals surface area contributed by atoms with Crippen LogP contribution in [0.1, 0.15) is 26.7 Å². The Balaban J connectivity index is 3.59. The Bertz CT molecular complexity index is 190. The summed E-state index contributed by atoms with van der Waals surface area (Å²) in [4.78, 5) is 21.7. The van der Waals surface area contributed by atoms with E-state index in [1.54, 1.807) is 0 Å². The summed E-state index contributed by atoms with van der Waals surface area (Å²) < 4.78 is 0. The maximum absolute atomic E-state index is 11.2. The highest BCUT2D eigenvalue weighted by Gasteiger charge is 2.08. The van der Waals surface area contributed by atoms with Crippen molar-refractivity contribution in [3.05, 3.63) is 0 Å². The molecule has 0 aromatic carbocycles. The molecular formula is C9H18N2O3. The number of hydrogen-bond acceptors (Lipinski definition) is 3. The first-order valence-electron chi connectivity index (χ1n) is 4.74. The summed E-state index contributed by atoms with van der Waals surface area (Å²) in [7, 11) is 0. The minimum absolute atomic E-state index is 0.0532. The molecule has 0 unspecified atom stereocenters. The van der Waals surface area contributed by atoms with Gasteiger partial charge in [-0.3, -0.25) is 9.59 Å². The van der Waals surface area contributed by atoms with Crippen molar-refractivity contribution in [2.24, 2.45) is 0 Å². The lowest BCUT2D eigenvalue weighted by molar-refractivity contribution is -0.122. The summed E-state index contributed by atoms with van der Waals surface area (Å²) in [5, 5.41) is 14.0. The topological polar surface area (TPSA) is 78.4 Å². The Morgan fingerprint density at radius 1 is 1.43 bits per heavy atom. The monoisotopic (exact) mass is 202 g/mol. The molecule has 0 aromatic rings. The minimum atomic E-state index is -0.181. The van der Waals surface area contributed by atoms with Gasteiger partial charge in [0.2, 0.25) is 11.8 Å². The van der Waals surface area contributed by atoms with Crippen molar-refractivity contribution in [3.63, 3.8) is 0 Å².